The van der Waals surface area contributed by atoms with Crippen molar-refractivity contribution < 1.29 is 19.1 Å². The number of likely N-dealkylation sites (N-methyl/N-ethyl adjacent to an activating group) is 1. The molecule has 2 unspecified atom stereocenters. The monoisotopic (exact) mass is 460 g/mol. The third-order valence-electron chi connectivity index (χ3n) is 6.89. The Labute approximate surface area is 188 Å². The number of fused-ring (bicyclic) bond motifs is 2. The molecule has 8 nitrogen and oxygen atoms in total. The quantitative estimate of drug-likeness (QED) is 0.729. The Bertz CT molecular complexity index is 1230. The number of hydrogen-bond donors (Lipinski definition) is 2. The number of carbonyl (C=O) groups excluding carboxylic acids is 2. The summed E-state index contributed by atoms with van der Waals surface area (Å²) in [6, 6.07) is 4.41. The van der Waals surface area contributed by atoms with E-state index in [1.54, 1.807) is 15.5 Å². The van der Waals surface area contributed by atoms with Gasteiger partial charge in [0, 0.05) is 30.4 Å². The highest BCUT2D eigenvalue weighted by atomic mass is 35.5. The summed E-state index contributed by atoms with van der Waals surface area (Å²) in [4.78, 5) is 43.0. The Morgan fingerprint density at radius 2 is 2.09 bits per heavy atom. The maximum absolute atomic E-state index is 14.2. The molecule has 4 heterocycles. The number of benzene rings is 1. The second-order valence-electron chi connectivity index (χ2n) is 8.61. The van der Waals surface area contributed by atoms with Gasteiger partial charge in [-0.3, -0.25) is 19.3 Å². The maximum Gasteiger partial charge on any atom is 0.275 e. The molecule has 0 aliphatic carbocycles. The molecule has 3 atom stereocenters. The summed E-state index contributed by atoms with van der Waals surface area (Å²) in [5.41, 5.74) is -0.536. The van der Waals surface area contributed by atoms with Crippen LogP contribution in [-0.4, -0.2) is 57.1 Å². The number of pyridine rings is 1. The molecule has 2 N–H and O–H groups in total. The Balaban J connectivity index is 1.55. The second-order valence-corrected chi connectivity index (χ2v) is 9.01. The first-order chi connectivity index (χ1) is 15.2. The maximum atomic E-state index is 14.2. The molecular formula is C22H22ClFN4O4. The van der Waals surface area contributed by atoms with Crippen molar-refractivity contribution in [2.45, 2.75) is 44.6 Å². The normalized spacial score (nSPS) is 23.9. The SMILES string of the molecule is C[C@H]1CN2C(=O)c3c(O)c(=O)c(C(=O)NCc4cccc(Cl)c4F)c4n3C(CC4)C2N1C. The molecule has 0 saturated carbocycles. The minimum atomic E-state index is -0.886. The zero-order valence-corrected chi connectivity index (χ0v) is 18.3. The van der Waals surface area contributed by atoms with Gasteiger partial charge in [-0.05, 0) is 32.9 Å². The molecule has 32 heavy (non-hydrogen) atoms. The highest BCUT2D eigenvalue weighted by Gasteiger charge is 2.51. The number of aromatic hydroxyl groups is 1. The first kappa shape index (κ1) is 21.0. The number of amides is 2. The van der Waals surface area contributed by atoms with Crippen molar-refractivity contribution in [1.29, 1.82) is 0 Å². The van der Waals surface area contributed by atoms with Crippen molar-refractivity contribution in [3.05, 3.63) is 61.8 Å². The second kappa shape index (κ2) is 7.31. The van der Waals surface area contributed by atoms with E-state index in [9.17, 15) is 23.9 Å². The van der Waals surface area contributed by atoms with Crippen LogP contribution in [0.25, 0.3) is 0 Å². The molecule has 2 amide bonds. The van der Waals surface area contributed by atoms with Crippen LogP contribution in [0.15, 0.2) is 23.0 Å². The van der Waals surface area contributed by atoms with E-state index in [1.807, 2.05) is 14.0 Å². The summed E-state index contributed by atoms with van der Waals surface area (Å²) in [5.74, 6) is -2.50. The first-order valence-electron chi connectivity index (χ1n) is 10.5. The Kier molecular flexibility index (Phi) is 4.79. The molecule has 0 bridgehead atoms. The Morgan fingerprint density at radius 1 is 1.34 bits per heavy atom. The third-order valence-corrected chi connectivity index (χ3v) is 7.19. The number of carbonyl (C=O) groups is 2. The number of halogens is 2. The smallest absolute Gasteiger partial charge is 0.275 e. The van der Waals surface area contributed by atoms with Gasteiger partial charge < -0.3 is 19.9 Å². The van der Waals surface area contributed by atoms with E-state index in [1.165, 1.54) is 12.1 Å². The number of hydrogen-bond acceptors (Lipinski definition) is 5. The molecule has 0 radical (unpaired) electrons. The molecule has 10 heteroatoms. The van der Waals surface area contributed by atoms with Crippen LogP contribution < -0.4 is 10.7 Å². The Morgan fingerprint density at radius 3 is 2.84 bits per heavy atom. The van der Waals surface area contributed by atoms with Crippen molar-refractivity contribution in [3.63, 3.8) is 0 Å². The van der Waals surface area contributed by atoms with Gasteiger partial charge >= 0.3 is 0 Å². The lowest BCUT2D eigenvalue weighted by Crippen LogP contribution is -2.52. The summed E-state index contributed by atoms with van der Waals surface area (Å²) in [6.45, 7) is 2.35. The third kappa shape index (κ3) is 2.80. The molecular weight excluding hydrogens is 439 g/mol. The van der Waals surface area contributed by atoms with Gasteiger partial charge in [-0.1, -0.05) is 23.7 Å². The topological polar surface area (TPSA) is 94.9 Å². The van der Waals surface area contributed by atoms with Gasteiger partial charge in [0.25, 0.3) is 11.8 Å². The van der Waals surface area contributed by atoms with Gasteiger partial charge in [0.15, 0.2) is 11.4 Å². The van der Waals surface area contributed by atoms with Gasteiger partial charge in [0.2, 0.25) is 5.43 Å². The standard InChI is InChI=1S/C22H22ClFN4O4/c1-10-9-27-21(26(10)2)14-7-6-13-15(18(29)19(30)17(22(27)32)28(13)14)20(31)25-8-11-4-3-5-12(23)16(11)24/h3-5,10,14,21,30H,6-9H2,1-2H3,(H,25,31)/t10-,14?,21?/m0/s1. The summed E-state index contributed by atoms with van der Waals surface area (Å²) in [6.07, 6.45) is 0.843. The van der Waals surface area contributed by atoms with Crippen LogP contribution in [0.3, 0.4) is 0 Å². The molecule has 0 spiro atoms. The van der Waals surface area contributed by atoms with Crippen molar-refractivity contribution in [2.75, 3.05) is 13.6 Å². The fraction of sp³-hybridized carbons (Fsp3) is 0.409. The average molecular weight is 461 g/mol. The van der Waals surface area contributed by atoms with Crippen molar-refractivity contribution >= 4 is 23.4 Å². The van der Waals surface area contributed by atoms with Crippen LogP contribution in [0.5, 0.6) is 5.75 Å². The van der Waals surface area contributed by atoms with Crippen LogP contribution in [0.1, 0.15) is 51.5 Å². The molecule has 1 aromatic heterocycles. The number of aromatic nitrogens is 1. The lowest BCUT2D eigenvalue weighted by Gasteiger charge is -2.40. The van der Waals surface area contributed by atoms with Gasteiger partial charge in [-0.25, -0.2) is 4.39 Å². The number of nitrogens with one attached hydrogen (secondary N) is 1. The molecule has 5 rings (SSSR count). The molecule has 3 aliphatic rings. The predicted molar refractivity (Wildman–Crippen MR) is 114 cm³/mol. The minimum Gasteiger partial charge on any atom is -0.503 e. The molecule has 2 aromatic rings. The number of rotatable bonds is 3. The highest BCUT2D eigenvalue weighted by molar-refractivity contribution is 6.30. The van der Waals surface area contributed by atoms with Gasteiger partial charge in [-0.2, -0.15) is 0 Å². The zero-order valence-electron chi connectivity index (χ0n) is 17.6. The van der Waals surface area contributed by atoms with Crippen LogP contribution in [0, 0.1) is 5.82 Å². The summed E-state index contributed by atoms with van der Waals surface area (Å²) >= 11 is 5.79. The molecule has 1 saturated heterocycles. The molecule has 1 fully saturated rings. The number of nitrogens with zero attached hydrogens (tertiary/aromatic N) is 3. The summed E-state index contributed by atoms with van der Waals surface area (Å²) < 4.78 is 15.8. The zero-order chi connectivity index (χ0) is 22.9. The largest absolute Gasteiger partial charge is 0.503 e. The molecule has 168 valence electrons. The fourth-order valence-corrected chi connectivity index (χ4v) is 5.44. The lowest BCUT2D eigenvalue weighted by molar-refractivity contribution is 0.0428. The van der Waals surface area contributed by atoms with Gasteiger partial charge in [0.05, 0.1) is 11.1 Å². The van der Waals surface area contributed by atoms with E-state index in [4.69, 9.17) is 11.6 Å². The van der Waals surface area contributed by atoms with Gasteiger partial charge in [0.1, 0.15) is 17.5 Å². The predicted octanol–water partition coefficient (Wildman–Crippen LogP) is 1.88. The van der Waals surface area contributed by atoms with E-state index in [0.717, 1.165) is 0 Å². The molecule has 3 aliphatic heterocycles. The minimum absolute atomic E-state index is 0.0521. The van der Waals surface area contributed by atoms with E-state index in [2.05, 4.69) is 10.2 Å². The fourth-order valence-electron chi connectivity index (χ4n) is 5.24. The van der Waals surface area contributed by atoms with Gasteiger partial charge in [-0.15, -0.1) is 0 Å². The lowest BCUT2D eigenvalue weighted by atomic mass is 10.1. The van der Waals surface area contributed by atoms with Crippen molar-refractivity contribution in [2.24, 2.45) is 0 Å². The summed E-state index contributed by atoms with van der Waals surface area (Å²) in [7, 11) is 1.95. The van der Waals surface area contributed by atoms with E-state index in [0.29, 0.717) is 25.1 Å². The Hall–Kier alpha value is -2.91. The van der Waals surface area contributed by atoms with E-state index < -0.39 is 28.8 Å². The van der Waals surface area contributed by atoms with Crippen LogP contribution in [0.4, 0.5) is 4.39 Å². The first-order valence-corrected chi connectivity index (χ1v) is 10.8. The molecule has 1 aromatic carbocycles. The van der Waals surface area contributed by atoms with Crippen LogP contribution in [-0.2, 0) is 13.0 Å². The van der Waals surface area contributed by atoms with Crippen LogP contribution in [0.2, 0.25) is 5.02 Å². The van der Waals surface area contributed by atoms with Crippen molar-refractivity contribution in [3.8, 4) is 5.75 Å². The van der Waals surface area contributed by atoms with Crippen LogP contribution >= 0.6 is 11.6 Å². The van der Waals surface area contributed by atoms with Crippen molar-refractivity contribution in [1.82, 2.24) is 19.7 Å². The summed E-state index contributed by atoms with van der Waals surface area (Å²) in [5, 5.41) is 13.2. The van der Waals surface area contributed by atoms with E-state index in [-0.39, 0.29) is 46.6 Å². The highest BCUT2D eigenvalue weighted by Crippen LogP contribution is 2.43. The van der Waals surface area contributed by atoms with E-state index >= 15 is 0 Å². The average Bonchev–Trinajstić information content (AvgIpc) is 3.30.